The van der Waals surface area contributed by atoms with Gasteiger partial charge in [-0.25, -0.2) is 0 Å². The van der Waals surface area contributed by atoms with Crippen molar-refractivity contribution in [1.29, 1.82) is 0 Å². The third kappa shape index (κ3) is 9.06. The third-order valence-electron chi connectivity index (χ3n) is 4.51. The van der Waals surface area contributed by atoms with Crippen LogP contribution in [0.3, 0.4) is 0 Å². The molecular weight excluding hydrogens is 276 g/mol. The van der Waals surface area contributed by atoms with Crippen molar-refractivity contribution in [3.05, 3.63) is 0 Å². The molecular formula is C18H34N2O2. The molecule has 2 N–H and O–H groups in total. The molecule has 0 radical (unpaired) electrons. The van der Waals surface area contributed by atoms with Crippen LogP contribution in [0.15, 0.2) is 5.10 Å². The van der Waals surface area contributed by atoms with E-state index in [2.05, 4.69) is 17.5 Å². The lowest BCUT2D eigenvalue weighted by atomic mass is 9.98. The largest absolute Gasteiger partial charge is 0.481 e. The Bertz CT molecular complexity index is 329. The first-order valence-electron chi connectivity index (χ1n) is 9.25. The lowest BCUT2D eigenvalue weighted by Gasteiger charge is -2.11. The number of hydrazone groups is 1. The van der Waals surface area contributed by atoms with Gasteiger partial charge in [0.25, 0.3) is 0 Å². The second kappa shape index (κ2) is 12.5. The molecule has 1 saturated carbocycles. The molecule has 1 aliphatic rings. The van der Waals surface area contributed by atoms with Crippen molar-refractivity contribution in [2.75, 3.05) is 6.54 Å². The Morgan fingerprint density at radius 3 is 2.73 bits per heavy atom. The number of carbonyl (C=O) groups is 1. The Morgan fingerprint density at radius 1 is 1.18 bits per heavy atom. The predicted octanol–water partition coefficient (Wildman–Crippen LogP) is 4.74. The molecule has 1 rings (SSSR count). The van der Waals surface area contributed by atoms with E-state index < -0.39 is 5.97 Å². The highest BCUT2D eigenvalue weighted by molar-refractivity contribution is 5.88. The van der Waals surface area contributed by atoms with Gasteiger partial charge in [-0.3, -0.25) is 4.79 Å². The molecule has 1 fully saturated rings. The van der Waals surface area contributed by atoms with E-state index >= 15 is 0 Å². The van der Waals surface area contributed by atoms with Crippen LogP contribution in [-0.4, -0.2) is 23.3 Å². The van der Waals surface area contributed by atoms with Gasteiger partial charge >= 0.3 is 5.97 Å². The monoisotopic (exact) mass is 310 g/mol. The second-order valence-electron chi connectivity index (χ2n) is 6.51. The first-order valence-corrected chi connectivity index (χ1v) is 9.25. The summed E-state index contributed by atoms with van der Waals surface area (Å²) in [6.07, 6.45) is 14.6. The van der Waals surface area contributed by atoms with Crippen molar-refractivity contribution in [2.24, 2.45) is 11.0 Å². The van der Waals surface area contributed by atoms with Gasteiger partial charge in [-0.05, 0) is 44.4 Å². The molecule has 0 heterocycles. The SMILES string of the molecule is CCCCCCN/N=C1\CCC[C@H]1CCCCCCC(=O)O. The van der Waals surface area contributed by atoms with Crippen molar-refractivity contribution in [1.82, 2.24) is 5.43 Å². The highest BCUT2D eigenvalue weighted by Gasteiger charge is 2.21. The van der Waals surface area contributed by atoms with Crippen molar-refractivity contribution in [3.8, 4) is 0 Å². The lowest BCUT2D eigenvalue weighted by Crippen LogP contribution is -2.15. The molecule has 0 bridgehead atoms. The summed E-state index contributed by atoms with van der Waals surface area (Å²) in [5.74, 6) is -0.00200. The van der Waals surface area contributed by atoms with Crippen molar-refractivity contribution in [3.63, 3.8) is 0 Å². The Labute approximate surface area is 135 Å². The molecule has 1 atom stereocenters. The minimum absolute atomic E-state index is 0.318. The second-order valence-corrected chi connectivity index (χ2v) is 6.51. The van der Waals surface area contributed by atoms with Gasteiger partial charge in [0.2, 0.25) is 0 Å². The van der Waals surface area contributed by atoms with Crippen LogP contribution in [0.25, 0.3) is 0 Å². The molecule has 0 aromatic heterocycles. The summed E-state index contributed by atoms with van der Waals surface area (Å²) in [7, 11) is 0. The Balaban J connectivity index is 2.08. The molecule has 22 heavy (non-hydrogen) atoms. The van der Waals surface area contributed by atoms with Gasteiger partial charge < -0.3 is 10.5 Å². The summed E-state index contributed by atoms with van der Waals surface area (Å²) in [4.78, 5) is 10.4. The van der Waals surface area contributed by atoms with Crippen LogP contribution in [0, 0.1) is 5.92 Å². The van der Waals surface area contributed by atoms with Gasteiger partial charge in [-0.15, -0.1) is 0 Å². The van der Waals surface area contributed by atoms with Crippen LogP contribution >= 0.6 is 0 Å². The maximum Gasteiger partial charge on any atom is 0.303 e. The van der Waals surface area contributed by atoms with E-state index in [1.807, 2.05) is 0 Å². The van der Waals surface area contributed by atoms with E-state index in [1.54, 1.807) is 0 Å². The topological polar surface area (TPSA) is 61.7 Å². The van der Waals surface area contributed by atoms with Gasteiger partial charge in [0.1, 0.15) is 0 Å². The fourth-order valence-corrected chi connectivity index (χ4v) is 3.17. The number of carboxylic acid groups (broad SMARTS) is 1. The van der Waals surface area contributed by atoms with Crippen molar-refractivity contribution < 1.29 is 9.90 Å². The van der Waals surface area contributed by atoms with E-state index in [4.69, 9.17) is 5.11 Å². The molecule has 1 aliphatic carbocycles. The van der Waals surface area contributed by atoms with Gasteiger partial charge in [0.05, 0.1) is 0 Å². The van der Waals surface area contributed by atoms with Gasteiger partial charge in [0, 0.05) is 18.7 Å². The van der Waals surface area contributed by atoms with Gasteiger partial charge in [-0.2, -0.15) is 5.10 Å². The molecule has 0 unspecified atom stereocenters. The van der Waals surface area contributed by atoms with Crippen LogP contribution in [0.4, 0.5) is 0 Å². The number of rotatable bonds is 13. The van der Waals surface area contributed by atoms with Gasteiger partial charge in [0.15, 0.2) is 0 Å². The molecule has 0 spiro atoms. The summed E-state index contributed by atoms with van der Waals surface area (Å²) in [5, 5.41) is 13.2. The average Bonchev–Trinajstić information content (AvgIpc) is 2.93. The minimum atomic E-state index is -0.671. The zero-order chi connectivity index (χ0) is 16.0. The van der Waals surface area contributed by atoms with Crippen LogP contribution < -0.4 is 5.43 Å². The first kappa shape index (κ1) is 19.0. The van der Waals surface area contributed by atoms with Crippen LogP contribution in [0.5, 0.6) is 0 Å². The van der Waals surface area contributed by atoms with E-state index in [0.717, 1.165) is 32.2 Å². The Hall–Kier alpha value is -1.06. The molecule has 0 aromatic carbocycles. The quantitative estimate of drug-likeness (QED) is 0.381. The number of carboxylic acids is 1. The molecule has 0 amide bonds. The normalized spacial score (nSPS) is 19.7. The number of unbranched alkanes of at least 4 members (excludes halogenated alkanes) is 6. The maximum atomic E-state index is 10.4. The molecule has 128 valence electrons. The predicted molar refractivity (Wildman–Crippen MR) is 92.3 cm³/mol. The standard InChI is InChI=1S/C18H34N2O2/c1-2-3-4-9-15-19-20-17-13-10-12-16(17)11-7-5-6-8-14-18(21)22/h16,19H,2-15H2,1H3,(H,21,22)/b20-17+/t16-/m1/s1. The number of nitrogens with one attached hydrogen (secondary N) is 1. The first-order chi connectivity index (χ1) is 10.7. The smallest absolute Gasteiger partial charge is 0.303 e. The summed E-state index contributed by atoms with van der Waals surface area (Å²) in [6.45, 7) is 3.24. The molecule has 0 aliphatic heterocycles. The maximum absolute atomic E-state index is 10.4. The zero-order valence-corrected chi connectivity index (χ0v) is 14.3. The van der Waals surface area contributed by atoms with Crippen molar-refractivity contribution in [2.45, 2.75) is 90.4 Å². The van der Waals surface area contributed by atoms with Gasteiger partial charge in [-0.1, -0.05) is 45.4 Å². The fraction of sp³-hybridized carbons (Fsp3) is 0.889. The Morgan fingerprint density at radius 2 is 1.95 bits per heavy atom. The highest BCUT2D eigenvalue weighted by atomic mass is 16.4. The highest BCUT2D eigenvalue weighted by Crippen LogP contribution is 2.27. The summed E-state index contributed by atoms with van der Waals surface area (Å²) in [5.41, 5.74) is 4.64. The lowest BCUT2D eigenvalue weighted by molar-refractivity contribution is -0.137. The average molecular weight is 310 g/mol. The summed E-state index contributed by atoms with van der Waals surface area (Å²) >= 11 is 0. The van der Waals surface area contributed by atoms with Crippen molar-refractivity contribution >= 4 is 11.7 Å². The molecule has 0 aromatic rings. The zero-order valence-electron chi connectivity index (χ0n) is 14.3. The van der Waals surface area contributed by atoms with E-state index in [-0.39, 0.29) is 0 Å². The Kier molecular flexibility index (Phi) is 10.8. The van der Waals surface area contributed by atoms with Crippen LogP contribution in [-0.2, 0) is 4.79 Å². The summed E-state index contributed by atoms with van der Waals surface area (Å²) < 4.78 is 0. The molecule has 0 saturated heterocycles. The number of hydrogen-bond acceptors (Lipinski definition) is 3. The third-order valence-corrected chi connectivity index (χ3v) is 4.51. The van der Waals surface area contributed by atoms with Crippen LogP contribution in [0.1, 0.15) is 90.4 Å². The minimum Gasteiger partial charge on any atom is -0.481 e. The number of aliphatic carboxylic acids is 1. The number of hydrogen-bond donors (Lipinski definition) is 2. The number of nitrogens with zero attached hydrogens (tertiary/aromatic N) is 1. The fourth-order valence-electron chi connectivity index (χ4n) is 3.17. The summed E-state index contributed by atoms with van der Waals surface area (Å²) in [6, 6.07) is 0. The molecule has 4 heteroatoms. The van der Waals surface area contributed by atoms with E-state index in [0.29, 0.717) is 12.3 Å². The van der Waals surface area contributed by atoms with E-state index in [1.165, 1.54) is 57.1 Å². The molecule has 4 nitrogen and oxygen atoms in total. The van der Waals surface area contributed by atoms with E-state index in [9.17, 15) is 4.79 Å². The van der Waals surface area contributed by atoms with Crippen LogP contribution in [0.2, 0.25) is 0 Å².